The van der Waals surface area contributed by atoms with Crippen molar-refractivity contribution >= 4 is 5.57 Å². The Bertz CT molecular complexity index is 263. The Morgan fingerprint density at radius 3 is 2.54 bits per heavy atom. The van der Waals surface area contributed by atoms with Crippen molar-refractivity contribution in [3.05, 3.63) is 42.5 Å². The maximum atomic E-state index is 8.60. The topological polar surface area (TPSA) is 29.5 Å². The Hall–Kier alpha value is -1.12. The van der Waals surface area contributed by atoms with E-state index in [0.717, 1.165) is 11.1 Å². The first-order valence-electron chi connectivity index (χ1n) is 4.34. The van der Waals surface area contributed by atoms with Crippen LogP contribution in [0.4, 0.5) is 0 Å². The van der Waals surface area contributed by atoms with Crippen LogP contribution in [-0.4, -0.2) is 11.4 Å². The van der Waals surface area contributed by atoms with Crippen LogP contribution in [0.1, 0.15) is 18.9 Å². The molecule has 2 heteroatoms. The highest BCUT2D eigenvalue weighted by atomic mass is 17.1. The minimum Gasteiger partial charge on any atom is -0.251 e. The molecule has 70 valence electrons. The van der Waals surface area contributed by atoms with Gasteiger partial charge in [-0.1, -0.05) is 43.8 Å². The lowest BCUT2D eigenvalue weighted by atomic mass is 10.0. The Morgan fingerprint density at radius 1 is 1.46 bits per heavy atom. The predicted molar refractivity (Wildman–Crippen MR) is 53.3 cm³/mol. The van der Waals surface area contributed by atoms with Crippen LogP contribution in [0.2, 0.25) is 0 Å². The second-order valence-corrected chi connectivity index (χ2v) is 2.89. The van der Waals surface area contributed by atoms with Crippen molar-refractivity contribution in [1.29, 1.82) is 0 Å². The molecule has 1 N–H and O–H groups in total. The van der Waals surface area contributed by atoms with Gasteiger partial charge in [-0.3, -0.25) is 5.26 Å². The van der Waals surface area contributed by atoms with E-state index in [9.17, 15) is 0 Å². The minimum atomic E-state index is -0.303. The molecule has 0 heterocycles. The third-order valence-electron chi connectivity index (χ3n) is 2.03. The van der Waals surface area contributed by atoms with Crippen molar-refractivity contribution in [2.75, 3.05) is 0 Å². The van der Waals surface area contributed by atoms with Gasteiger partial charge in [0.1, 0.15) is 6.10 Å². The molecular formula is C11H14O2. The summed E-state index contributed by atoms with van der Waals surface area (Å²) < 4.78 is 0. The minimum absolute atomic E-state index is 0.303. The fourth-order valence-electron chi connectivity index (χ4n) is 1.22. The summed E-state index contributed by atoms with van der Waals surface area (Å²) in [6.07, 6.45) is 0.409. The number of benzene rings is 1. The van der Waals surface area contributed by atoms with E-state index in [-0.39, 0.29) is 6.10 Å². The Morgan fingerprint density at radius 2 is 2.08 bits per heavy atom. The quantitative estimate of drug-likeness (QED) is 0.567. The van der Waals surface area contributed by atoms with Gasteiger partial charge in [-0.25, -0.2) is 4.89 Å². The van der Waals surface area contributed by atoms with Crippen molar-refractivity contribution in [1.82, 2.24) is 0 Å². The van der Waals surface area contributed by atoms with Crippen molar-refractivity contribution in [3.63, 3.8) is 0 Å². The van der Waals surface area contributed by atoms with Gasteiger partial charge in [0.15, 0.2) is 0 Å². The first-order chi connectivity index (χ1) is 6.29. The number of hydrogen-bond donors (Lipinski definition) is 1. The lowest BCUT2D eigenvalue weighted by Gasteiger charge is -2.13. The smallest absolute Gasteiger partial charge is 0.117 e. The average Bonchev–Trinajstić information content (AvgIpc) is 2.21. The summed E-state index contributed by atoms with van der Waals surface area (Å²) in [7, 11) is 0. The molecule has 0 aromatic heterocycles. The van der Waals surface area contributed by atoms with E-state index >= 15 is 0 Å². The van der Waals surface area contributed by atoms with Gasteiger partial charge in [0.25, 0.3) is 0 Å². The van der Waals surface area contributed by atoms with Gasteiger partial charge in [-0.2, -0.15) is 0 Å². The van der Waals surface area contributed by atoms with Crippen LogP contribution < -0.4 is 0 Å². The number of hydrogen-bond acceptors (Lipinski definition) is 2. The first-order valence-corrected chi connectivity index (χ1v) is 4.34. The molecule has 1 rings (SSSR count). The molecule has 0 radical (unpaired) electrons. The average molecular weight is 178 g/mol. The molecule has 0 bridgehead atoms. The molecule has 0 spiro atoms. The lowest BCUT2D eigenvalue weighted by molar-refractivity contribution is -0.263. The second kappa shape index (κ2) is 4.80. The van der Waals surface area contributed by atoms with E-state index in [4.69, 9.17) is 5.26 Å². The summed E-state index contributed by atoms with van der Waals surface area (Å²) in [5, 5.41) is 8.60. The Labute approximate surface area is 78.4 Å². The fraction of sp³-hybridized carbons (Fsp3) is 0.273. The summed E-state index contributed by atoms with van der Waals surface area (Å²) in [4.78, 5) is 4.32. The summed E-state index contributed by atoms with van der Waals surface area (Å²) in [5.41, 5.74) is 1.81. The van der Waals surface area contributed by atoms with E-state index in [1.165, 1.54) is 0 Å². The van der Waals surface area contributed by atoms with Crippen molar-refractivity contribution in [2.45, 2.75) is 19.4 Å². The number of rotatable bonds is 4. The molecule has 1 unspecified atom stereocenters. The standard InChI is InChI=1S/C11H14O2/c1-3-11(13-12)9(2)10-7-5-4-6-8-10/h4-8,11-12H,2-3H2,1H3. The van der Waals surface area contributed by atoms with Crippen LogP contribution in [0.25, 0.3) is 5.57 Å². The molecule has 0 aliphatic carbocycles. The first kappa shape index (κ1) is 9.96. The monoisotopic (exact) mass is 178 g/mol. The molecule has 1 aromatic rings. The molecule has 0 fully saturated rings. The highest BCUT2D eigenvalue weighted by Gasteiger charge is 2.11. The molecular weight excluding hydrogens is 164 g/mol. The van der Waals surface area contributed by atoms with E-state index in [0.29, 0.717) is 6.42 Å². The Kier molecular flexibility index (Phi) is 3.68. The van der Waals surface area contributed by atoms with Crippen molar-refractivity contribution < 1.29 is 10.1 Å². The summed E-state index contributed by atoms with van der Waals surface area (Å²) in [6.45, 7) is 5.82. The zero-order valence-corrected chi connectivity index (χ0v) is 7.73. The molecule has 0 aliphatic heterocycles. The van der Waals surface area contributed by atoms with Gasteiger partial charge in [0.05, 0.1) is 0 Å². The fourth-order valence-corrected chi connectivity index (χ4v) is 1.22. The van der Waals surface area contributed by atoms with Crippen LogP contribution in [-0.2, 0) is 4.89 Å². The molecule has 13 heavy (non-hydrogen) atoms. The van der Waals surface area contributed by atoms with E-state index in [2.05, 4.69) is 11.5 Å². The van der Waals surface area contributed by atoms with Gasteiger partial charge in [-0.05, 0) is 17.6 Å². The third-order valence-corrected chi connectivity index (χ3v) is 2.03. The second-order valence-electron chi connectivity index (χ2n) is 2.89. The van der Waals surface area contributed by atoms with Gasteiger partial charge in [0.2, 0.25) is 0 Å². The van der Waals surface area contributed by atoms with Crippen LogP contribution in [0, 0.1) is 0 Å². The van der Waals surface area contributed by atoms with Gasteiger partial charge < -0.3 is 0 Å². The summed E-state index contributed by atoms with van der Waals surface area (Å²) >= 11 is 0. The van der Waals surface area contributed by atoms with Crippen molar-refractivity contribution in [3.8, 4) is 0 Å². The van der Waals surface area contributed by atoms with E-state index in [1.54, 1.807) is 0 Å². The van der Waals surface area contributed by atoms with Gasteiger partial charge in [-0.15, -0.1) is 0 Å². The van der Waals surface area contributed by atoms with Crippen molar-refractivity contribution in [2.24, 2.45) is 0 Å². The van der Waals surface area contributed by atoms with Gasteiger partial charge in [0, 0.05) is 0 Å². The maximum Gasteiger partial charge on any atom is 0.117 e. The molecule has 1 aromatic carbocycles. The predicted octanol–water partition coefficient (Wildman–Crippen LogP) is 2.97. The molecule has 1 atom stereocenters. The van der Waals surface area contributed by atoms with Crippen LogP contribution in [0.15, 0.2) is 36.9 Å². The zero-order chi connectivity index (χ0) is 9.68. The summed E-state index contributed by atoms with van der Waals surface area (Å²) in [6, 6.07) is 9.71. The maximum absolute atomic E-state index is 8.60. The third kappa shape index (κ3) is 2.41. The highest BCUT2D eigenvalue weighted by molar-refractivity contribution is 5.66. The molecule has 0 saturated carbocycles. The van der Waals surface area contributed by atoms with Gasteiger partial charge >= 0.3 is 0 Å². The Balaban J connectivity index is 2.78. The van der Waals surface area contributed by atoms with E-state index in [1.807, 2.05) is 37.3 Å². The largest absolute Gasteiger partial charge is 0.251 e. The normalized spacial score (nSPS) is 12.5. The SMILES string of the molecule is C=C(c1ccccc1)C(CC)OO. The highest BCUT2D eigenvalue weighted by Crippen LogP contribution is 2.19. The van der Waals surface area contributed by atoms with Crippen LogP contribution >= 0.6 is 0 Å². The zero-order valence-electron chi connectivity index (χ0n) is 7.73. The molecule has 2 nitrogen and oxygen atoms in total. The molecule has 0 amide bonds. The summed E-state index contributed by atoms with van der Waals surface area (Å²) in [5.74, 6) is 0. The van der Waals surface area contributed by atoms with E-state index < -0.39 is 0 Å². The molecule has 0 saturated heterocycles. The van der Waals surface area contributed by atoms with Crippen LogP contribution in [0.5, 0.6) is 0 Å². The van der Waals surface area contributed by atoms with Crippen LogP contribution in [0.3, 0.4) is 0 Å². The lowest BCUT2D eigenvalue weighted by Crippen LogP contribution is -2.10. The molecule has 0 aliphatic rings.